The van der Waals surface area contributed by atoms with Gasteiger partial charge in [0.05, 0.1) is 17.4 Å². The number of aromatic nitrogens is 2. The van der Waals surface area contributed by atoms with Gasteiger partial charge in [-0.1, -0.05) is 18.5 Å². The highest BCUT2D eigenvalue weighted by Crippen LogP contribution is 2.36. The van der Waals surface area contributed by atoms with Crippen LogP contribution >= 0.6 is 11.6 Å². The molecular weight excluding hydrogens is 369 g/mol. The number of halogens is 4. The molecule has 1 aliphatic rings. The lowest BCUT2D eigenvalue weighted by atomic mass is 9.90. The van der Waals surface area contributed by atoms with Gasteiger partial charge in [-0.3, -0.25) is 4.79 Å². The fourth-order valence-corrected chi connectivity index (χ4v) is 3.22. The summed E-state index contributed by atoms with van der Waals surface area (Å²) in [5.74, 6) is -0.685. The Morgan fingerprint density at radius 3 is 2.54 bits per heavy atom. The van der Waals surface area contributed by atoms with Crippen LogP contribution in [0.1, 0.15) is 29.4 Å². The second-order valence-corrected chi connectivity index (χ2v) is 7.22. The summed E-state index contributed by atoms with van der Waals surface area (Å²) in [4.78, 5) is 14.1. The zero-order valence-electron chi connectivity index (χ0n) is 14.1. The maximum absolute atomic E-state index is 13.7. The summed E-state index contributed by atoms with van der Waals surface area (Å²) in [6.45, 7) is 2.98. The van der Waals surface area contributed by atoms with Crippen LogP contribution < -0.4 is 5.73 Å². The van der Waals surface area contributed by atoms with E-state index in [0.717, 1.165) is 10.9 Å². The fourth-order valence-electron chi connectivity index (χ4n) is 3.09. The molecule has 1 saturated heterocycles. The number of hydrogen-bond donors (Lipinski definition) is 1. The number of likely N-dealkylation sites (tertiary alicyclic amines) is 1. The lowest BCUT2D eigenvalue weighted by molar-refractivity contribution is -0.143. The van der Waals surface area contributed by atoms with Crippen molar-refractivity contribution >= 4 is 17.5 Å². The summed E-state index contributed by atoms with van der Waals surface area (Å²) < 4.78 is 41.8. The van der Waals surface area contributed by atoms with Gasteiger partial charge >= 0.3 is 6.18 Å². The fraction of sp³-hybridized carbons (Fsp3) is 0.412. The molecule has 9 heteroatoms. The molecule has 0 bridgehead atoms. The van der Waals surface area contributed by atoms with Crippen molar-refractivity contribution in [2.24, 2.45) is 11.1 Å². The molecule has 0 saturated carbocycles. The van der Waals surface area contributed by atoms with Gasteiger partial charge in [0.25, 0.3) is 5.91 Å². The van der Waals surface area contributed by atoms with Gasteiger partial charge in [-0.15, -0.1) is 0 Å². The van der Waals surface area contributed by atoms with Gasteiger partial charge in [-0.2, -0.15) is 18.3 Å². The topological polar surface area (TPSA) is 64.2 Å². The van der Waals surface area contributed by atoms with Crippen LogP contribution in [0.3, 0.4) is 0 Å². The summed E-state index contributed by atoms with van der Waals surface area (Å²) in [6, 6.07) is 5.76. The minimum absolute atomic E-state index is 0.175. The zero-order valence-corrected chi connectivity index (χ0v) is 14.8. The Morgan fingerprint density at radius 1 is 1.35 bits per heavy atom. The molecule has 1 aromatic heterocycles. The lowest BCUT2D eigenvalue weighted by Gasteiger charge is -2.22. The number of amides is 1. The summed E-state index contributed by atoms with van der Waals surface area (Å²) in [5.41, 5.74) is 4.06. The molecule has 1 atom stereocenters. The van der Waals surface area contributed by atoms with E-state index in [1.54, 1.807) is 0 Å². The quantitative estimate of drug-likeness (QED) is 0.879. The second-order valence-electron chi connectivity index (χ2n) is 6.78. The first-order valence-corrected chi connectivity index (χ1v) is 8.43. The summed E-state index contributed by atoms with van der Waals surface area (Å²) in [5, 5.41) is 4.21. The van der Waals surface area contributed by atoms with Crippen LogP contribution in [0.25, 0.3) is 5.69 Å². The Labute approximate surface area is 153 Å². The SMILES string of the molecule is CC1(CN)CCN(C(=O)c2cnn(-c3ccc(Cl)cc3)c2C(F)(F)F)C1. The van der Waals surface area contributed by atoms with E-state index < -0.39 is 23.3 Å². The van der Waals surface area contributed by atoms with E-state index in [1.165, 1.54) is 29.2 Å². The number of benzene rings is 1. The van der Waals surface area contributed by atoms with E-state index in [9.17, 15) is 18.0 Å². The molecule has 1 unspecified atom stereocenters. The highest BCUT2D eigenvalue weighted by molar-refractivity contribution is 6.30. The number of rotatable bonds is 3. The molecule has 1 fully saturated rings. The maximum atomic E-state index is 13.7. The number of hydrogen-bond acceptors (Lipinski definition) is 3. The molecule has 5 nitrogen and oxygen atoms in total. The van der Waals surface area contributed by atoms with Gasteiger partial charge in [0, 0.05) is 18.1 Å². The van der Waals surface area contributed by atoms with Crippen LogP contribution in [0.2, 0.25) is 5.02 Å². The van der Waals surface area contributed by atoms with Gasteiger partial charge in [0.1, 0.15) is 0 Å². The third kappa shape index (κ3) is 3.43. The molecule has 2 N–H and O–H groups in total. The molecule has 0 radical (unpaired) electrons. The van der Waals surface area contributed by atoms with Gasteiger partial charge in [-0.25, -0.2) is 4.68 Å². The van der Waals surface area contributed by atoms with Crippen molar-refractivity contribution in [1.29, 1.82) is 0 Å². The van der Waals surface area contributed by atoms with Crippen LogP contribution in [0.5, 0.6) is 0 Å². The molecule has 1 aliphatic heterocycles. The second kappa shape index (κ2) is 6.59. The van der Waals surface area contributed by atoms with Crippen molar-refractivity contribution in [3.8, 4) is 5.69 Å². The van der Waals surface area contributed by atoms with Crippen LogP contribution in [0.4, 0.5) is 13.2 Å². The molecule has 0 aliphatic carbocycles. The first-order chi connectivity index (χ1) is 12.1. The number of carbonyl (C=O) groups is 1. The molecule has 0 spiro atoms. The smallest absolute Gasteiger partial charge is 0.338 e. The molecule has 3 rings (SSSR count). The summed E-state index contributed by atoms with van der Waals surface area (Å²) in [6.07, 6.45) is -3.11. The van der Waals surface area contributed by atoms with Crippen molar-refractivity contribution < 1.29 is 18.0 Å². The maximum Gasteiger partial charge on any atom is 0.434 e. The Kier molecular flexibility index (Phi) is 4.74. The van der Waals surface area contributed by atoms with Crippen molar-refractivity contribution in [3.63, 3.8) is 0 Å². The third-order valence-electron chi connectivity index (χ3n) is 4.68. The summed E-state index contributed by atoms with van der Waals surface area (Å²) in [7, 11) is 0. The first-order valence-electron chi connectivity index (χ1n) is 8.05. The van der Waals surface area contributed by atoms with Crippen molar-refractivity contribution in [2.75, 3.05) is 19.6 Å². The van der Waals surface area contributed by atoms with Gasteiger partial charge in [-0.05, 0) is 42.6 Å². The van der Waals surface area contributed by atoms with E-state index >= 15 is 0 Å². The van der Waals surface area contributed by atoms with Crippen LogP contribution in [0.15, 0.2) is 30.5 Å². The average Bonchev–Trinajstić information content (AvgIpc) is 3.19. The van der Waals surface area contributed by atoms with E-state index in [-0.39, 0.29) is 11.1 Å². The predicted octanol–water partition coefficient (Wildman–Crippen LogP) is 3.36. The standard InChI is InChI=1S/C17H18ClF3N4O/c1-16(9-22)6-7-24(10-16)15(26)13-8-23-25(14(13)17(19,20)21)12-4-2-11(18)3-5-12/h2-5,8H,6-7,9-10,22H2,1H3. The van der Waals surface area contributed by atoms with Crippen LogP contribution in [0, 0.1) is 5.41 Å². The monoisotopic (exact) mass is 386 g/mol. The van der Waals surface area contributed by atoms with Gasteiger partial charge in [0.15, 0.2) is 5.69 Å². The number of alkyl halides is 3. The Bertz CT molecular complexity index is 818. The Morgan fingerprint density at radius 2 is 2.00 bits per heavy atom. The predicted molar refractivity (Wildman–Crippen MR) is 91.3 cm³/mol. The molecule has 1 aromatic carbocycles. The lowest BCUT2D eigenvalue weighted by Crippen LogP contribution is -2.35. The minimum Gasteiger partial charge on any atom is -0.338 e. The number of carbonyl (C=O) groups excluding carboxylic acids is 1. The largest absolute Gasteiger partial charge is 0.434 e. The average molecular weight is 387 g/mol. The Balaban J connectivity index is 2.00. The van der Waals surface area contributed by atoms with E-state index in [0.29, 0.717) is 31.1 Å². The van der Waals surface area contributed by atoms with Crippen LogP contribution in [-0.4, -0.2) is 40.2 Å². The number of nitrogens with two attached hydrogens (primary N) is 1. The third-order valence-corrected chi connectivity index (χ3v) is 4.93. The van der Waals surface area contributed by atoms with Crippen molar-refractivity contribution in [1.82, 2.24) is 14.7 Å². The number of nitrogens with zero attached hydrogens (tertiary/aromatic N) is 3. The van der Waals surface area contributed by atoms with Gasteiger partial charge in [0.2, 0.25) is 0 Å². The highest BCUT2D eigenvalue weighted by atomic mass is 35.5. The normalized spacial score (nSPS) is 20.6. The minimum atomic E-state index is -4.74. The van der Waals surface area contributed by atoms with E-state index in [1.807, 2.05) is 6.92 Å². The van der Waals surface area contributed by atoms with Crippen LogP contribution in [-0.2, 0) is 6.18 Å². The molecule has 26 heavy (non-hydrogen) atoms. The molecular formula is C17H18ClF3N4O. The van der Waals surface area contributed by atoms with E-state index in [2.05, 4.69) is 5.10 Å². The van der Waals surface area contributed by atoms with Crippen molar-refractivity contribution in [2.45, 2.75) is 19.5 Å². The molecule has 2 heterocycles. The highest BCUT2D eigenvalue weighted by Gasteiger charge is 2.43. The zero-order chi connectivity index (χ0) is 19.1. The molecule has 140 valence electrons. The molecule has 1 amide bonds. The summed E-state index contributed by atoms with van der Waals surface area (Å²) >= 11 is 5.79. The first kappa shape index (κ1) is 18.7. The Hall–Kier alpha value is -2.06. The molecule has 2 aromatic rings. The van der Waals surface area contributed by atoms with Crippen molar-refractivity contribution in [3.05, 3.63) is 46.7 Å². The van der Waals surface area contributed by atoms with Gasteiger partial charge < -0.3 is 10.6 Å². The van der Waals surface area contributed by atoms with E-state index in [4.69, 9.17) is 17.3 Å².